The van der Waals surface area contributed by atoms with E-state index >= 15 is 0 Å². The largest absolute Gasteiger partial charge is 0.462 e. The Morgan fingerprint density at radius 3 is 2.13 bits per heavy atom. The monoisotopic (exact) mass is 208 g/mol. The average Bonchev–Trinajstić information content (AvgIpc) is 2.18. The average molecular weight is 208 g/mol. The Kier molecular flexibility index (Phi) is 3.40. The third-order valence-electron chi connectivity index (χ3n) is 3.20. The lowest BCUT2D eigenvalue weighted by Gasteiger charge is -2.39. The second-order valence-corrected chi connectivity index (χ2v) is 4.64. The Bertz CT molecular complexity index is 302. The Labute approximate surface area is 91.9 Å². The van der Waals surface area contributed by atoms with E-state index in [0.29, 0.717) is 5.75 Å². The highest BCUT2D eigenvalue weighted by Crippen LogP contribution is 2.35. The zero-order valence-corrected chi connectivity index (χ0v) is 9.95. The fourth-order valence-electron chi connectivity index (χ4n) is 1.18. The van der Waals surface area contributed by atoms with E-state index in [1.165, 1.54) is 0 Å². The van der Waals surface area contributed by atoms with Crippen LogP contribution in [0.4, 0.5) is 0 Å². The molecular formula is C13H20O2. The summed E-state index contributed by atoms with van der Waals surface area (Å²) < 4.78 is 5.61. The number of hydrogen-bond acceptors (Lipinski definition) is 2. The van der Waals surface area contributed by atoms with Crippen LogP contribution in [0.2, 0.25) is 0 Å². The van der Waals surface area contributed by atoms with Gasteiger partial charge in [0.15, 0.2) is 0 Å². The normalized spacial score (nSPS) is 15.8. The molecule has 0 aromatic heterocycles. The lowest BCUT2D eigenvalue weighted by molar-refractivity contribution is -0.199. The van der Waals surface area contributed by atoms with Crippen molar-refractivity contribution in [3.63, 3.8) is 0 Å². The summed E-state index contributed by atoms with van der Waals surface area (Å²) in [5.74, 6) is -0.452. The molecular weight excluding hydrogens is 188 g/mol. The van der Waals surface area contributed by atoms with Gasteiger partial charge in [-0.2, -0.15) is 0 Å². The molecule has 0 amide bonds. The van der Waals surface area contributed by atoms with Gasteiger partial charge < -0.3 is 9.84 Å². The summed E-state index contributed by atoms with van der Waals surface area (Å²) in [5, 5.41) is 10.3. The van der Waals surface area contributed by atoms with Crippen molar-refractivity contribution in [2.24, 2.45) is 5.41 Å². The molecule has 0 bridgehead atoms. The molecule has 1 rings (SSSR count). The van der Waals surface area contributed by atoms with Crippen LogP contribution in [0.3, 0.4) is 0 Å². The molecule has 0 heterocycles. The molecule has 1 aromatic carbocycles. The van der Waals surface area contributed by atoms with Crippen molar-refractivity contribution in [1.82, 2.24) is 0 Å². The summed E-state index contributed by atoms with van der Waals surface area (Å²) in [6.45, 7) is 7.75. The molecule has 0 radical (unpaired) electrons. The molecule has 0 fully saturated rings. The van der Waals surface area contributed by atoms with E-state index in [-0.39, 0.29) is 5.41 Å². The Balaban J connectivity index is 2.81. The van der Waals surface area contributed by atoms with Crippen molar-refractivity contribution in [2.75, 3.05) is 0 Å². The first-order valence-electron chi connectivity index (χ1n) is 5.35. The Hall–Kier alpha value is -1.02. The van der Waals surface area contributed by atoms with Gasteiger partial charge in [-0.1, -0.05) is 39.0 Å². The summed E-state index contributed by atoms with van der Waals surface area (Å²) in [6, 6.07) is 9.40. The molecule has 1 atom stereocenters. The van der Waals surface area contributed by atoms with Crippen LogP contribution in [0.25, 0.3) is 0 Å². The summed E-state index contributed by atoms with van der Waals surface area (Å²) in [7, 11) is 0. The standard InChI is InChI=1S/C13H20O2/c1-5-12(2,3)13(4,14)15-11-9-7-6-8-10-11/h6-10,14H,5H2,1-4H3. The lowest BCUT2D eigenvalue weighted by Crippen LogP contribution is -2.46. The van der Waals surface area contributed by atoms with Gasteiger partial charge in [0.25, 0.3) is 0 Å². The summed E-state index contributed by atoms with van der Waals surface area (Å²) in [4.78, 5) is 0. The second kappa shape index (κ2) is 4.23. The number of benzene rings is 1. The lowest BCUT2D eigenvalue weighted by atomic mass is 9.81. The van der Waals surface area contributed by atoms with Gasteiger partial charge in [-0.3, -0.25) is 0 Å². The number of ether oxygens (including phenoxy) is 1. The smallest absolute Gasteiger partial charge is 0.210 e. The molecule has 1 unspecified atom stereocenters. The number of rotatable bonds is 4. The van der Waals surface area contributed by atoms with Gasteiger partial charge in [-0.15, -0.1) is 0 Å². The quantitative estimate of drug-likeness (QED) is 0.770. The molecule has 0 aliphatic carbocycles. The van der Waals surface area contributed by atoms with Crippen LogP contribution in [0, 0.1) is 5.41 Å². The van der Waals surface area contributed by atoms with Crippen molar-refractivity contribution in [3.05, 3.63) is 30.3 Å². The molecule has 15 heavy (non-hydrogen) atoms. The van der Waals surface area contributed by atoms with E-state index in [1.807, 2.05) is 51.1 Å². The van der Waals surface area contributed by atoms with Crippen LogP contribution in [0.5, 0.6) is 5.75 Å². The molecule has 1 aromatic rings. The van der Waals surface area contributed by atoms with Gasteiger partial charge in [-0.05, 0) is 18.6 Å². The van der Waals surface area contributed by atoms with E-state index in [4.69, 9.17) is 4.74 Å². The first kappa shape index (κ1) is 12.1. The predicted molar refractivity (Wildman–Crippen MR) is 61.8 cm³/mol. The fraction of sp³-hybridized carbons (Fsp3) is 0.538. The SMILES string of the molecule is CCC(C)(C)C(C)(O)Oc1ccccc1. The van der Waals surface area contributed by atoms with Gasteiger partial charge in [0.05, 0.1) is 0 Å². The predicted octanol–water partition coefficient (Wildman–Crippen LogP) is 3.21. The van der Waals surface area contributed by atoms with Gasteiger partial charge in [0, 0.05) is 12.3 Å². The van der Waals surface area contributed by atoms with Crippen molar-refractivity contribution in [3.8, 4) is 5.75 Å². The molecule has 1 N–H and O–H groups in total. The summed E-state index contributed by atoms with van der Waals surface area (Å²) >= 11 is 0. The number of aliphatic hydroxyl groups is 1. The minimum Gasteiger partial charge on any atom is -0.462 e. The van der Waals surface area contributed by atoms with Crippen molar-refractivity contribution < 1.29 is 9.84 Å². The maximum absolute atomic E-state index is 10.3. The minimum atomic E-state index is -1.15. The zero-order valence-electron chi connectivity index (χ0n) is 9.95. The highest BCUT2D eigenvalue weighted by molar-refractivity contribution is 5.21. The molecule has 84 valence electrons. The molecule has 2 heteroatoms. The van der Waals surface area contributed by atoms with Crippen molar-refractivity contribution in [2.45, 2.75) is 39.9 Å². The molecule has 0 aliphatic heterocycles. The maximum atomic E-state index is 10.3. The van der Waals surface area contributed by atoms with Crippen LogP contribution in [-0.4, -0.2) is 10.9 Å². The van der Waals surface area contributed by atoms with Crippen molar-refractivity contribution in [1.29, 1.82) is 0 Å². The fourth-order valence-corrected chi connectivity index (χ4v) is 1.18. The van der Waals surface area contributed by atoms with Crippen LogP contribution in [0.15, 0.2) is 30.3 Å². The third kappa shape index (κ3) is 2.72. The van der Waals surface area contributed by atoms with Crippen LogP contribution in [-0.2, 0) is 0 Å². The summed E-state index contributed by atoms with van der Waals surface area (Å²) in [6.07, 6.45) is 0.854. The minimum absolute atomic E-state index is 0.275. The number of hydrogen-bond donors (Lipinski definition) is 1. The van der Waals surface area contributed by atoms with Gasteiger partial charge in [0.2, 0.25) is 5.79 Å². The van der Waals surface area contributed by atoms with E-state index < -0.39 is 5.79 Å². The molecule has 0 aliphatic rings. The molecule has 0 spiro atoms. The third-order valence-corrected chi connectivity index (χ3v) is 3.20. The van der Waals surface area contributed by atoms with Crippen molar-refractivity contribution >= 4 is 0 Å². The first-order valence-corrected chi connectivity index (χ1v) is 5.35. The van der Waals surface area contributed by atoms with E-state index in [1.54, 1.807) is 6.92 Å². The van der Waals surface area contributed by atoms with Crippen LogP contribution < -0.4 is 4.74 Å². The summed E-state index contributed by atoms with van der Waals surface area (Å²) in [5.41, 5.74) is -0.275. The van der Waals surface area contributed by atoms with Crippen LogP contribution in [0.1, 0.15) is 34.1 Å². The van der Waals surface area contributed by atoms with Gasteiger partial charge in [0.1, 0.15) is 5.75 Å². The van der Waals surface area contributed by atoms with E-state index in [2.05, 4.69) is 0 Å². The highest BCUT2D eigenvalue weighted by atomic mass is 16.6. The van der Waals surface area contributed by atoms with Crippen LogP contribution >= 0.6 is 0 Å². The number of para-hydroxylation sites is 1. The Morgan fingerprint density at radius 1 is 1.13 bits per heavy atom. The second-order valence-electron chi connectivity index (χ2n) is 4.64. The first-order chi connectivity index (χ1) is 6.89. The van der Waals surface area contributed by atoms with Gasteiger partial charge in [-0.25, -0.2) is 0 Å². The molecule has 0 saturated carbocycles. The van der Waals surface area contributed by atoms with E-state index in [0.717, 1.165) is 6.42 Å². The van der Waals surface area contributed by atoms with Gasteiger partial charge >= 0.3 is 0 Å². The maximum Gasteiger partial charge on any atom is 0.210 e. The zero-order chi connectivity index (χ0) is 11.5. The molecule has 2 nitrogen and oxygen atoms in total. The molecule has 0 saturated heterocycles. The Morgan fingerprint density at radius 2 is 1.67 bits per heavy atom. The highest BCUT2D eigenvalue weighted by Gasteiger charge is 2.40. The topological polar surface area (TPSA) is 29.5 Å². The van der Waals surface area contributed by atoms with E-state index in [9.17, 15) is 5.11 Å².